The lowest BCUT2D eigenvalue weighted by atomic mass is 10.2. The second kappa shape index (κ2) is 3.51. The van der Waals surface area contributed by atoms with Crippen LogP contribution in [-0.2, 0) is 4.79 Å². The fourth-order valence-corrected chi connectivity index (χ4v) is 0.707. The highest BCUT2D eigenvalue weighted by Gasteiger charge is 2.22. The van der Waals surface area contributed by atoms with Crippen LogP contribution in [0, 0.1) is 0 Å². The average Bonchev–Trinajstić information content (AvgIpc) is 2.50. The molecular formula is C7H7F2NO3. The standard InChI is InChI=1S/C7H7F2NO3/c1-3(7(11)12)6-10-2-4(13-6)5(8)9/h2-3,5H,1H3,(H,11,12). The predicted octanol–water partition coefficient (Wildman–Crippen LogP) is 1.80. The van der Waals surface area contributed by atoms with Crippen LogP contribution >= 0.6 is 0 Å². The monoisotopic (exact) mass is 191 g/mol. The molecule has 0 aromatic carbocycles. The summed E-state index contributed by atoms with van der Waals surface area (Å²) in [6.45, 7) is 1.31. The van der Waals surface area contributed by atoms with Gasteiger partial charge in [-0.2, -0.15) is 0 Å². The van der Waals surface area contributed by atoms with Gasteiger partial charge >= 0.3 is 5.97 Å². The molecule has 1 heterocycles. The average molecular weight is 191 g/mol. The SMILES string of the molecule is CC(C(=O)O)c1ncc(C(F)F)o1. The van der Waals surface area contributed by atoms with E-state index in [9.17, 15) is 13.6 Å². The summed E-state index contributed by atoms with van der Waals surface area (Å²) in [6.07, 6.45) is -1.93. The normalized spacial score (nSPS) is 13.2. The van der Waals surface area contributed by atoms with Crippen LogP contribution in [0.25, 0.3) is 0 Å². The molecule has 0 radical (unpaired) electrons. The number of alkyl halides is 2. The van der Waals surface area contributed by atoms with Crippen molar-refractivity contribution in [2.24, 2.45) is 0 Å². The van der Waals surface area contributed by atoms with Crippen LogP contribution in [0.5, 0.6) is 0 Å². The van der Waals surface area contributed by atoms with Crippen LogP contribution in [0.4, 0.5) is 8.78 Å². The van der Waals surface area contributed by atoms with Crippen LogP contribution in [0.2, 0.25) is 0 Å². The minimum atomic E-state index is -2.76. The van der Waals surface area contributed by atoms with Gasteiger partial charge in [-0.1, -0.05) is 0 Å². The van der Waals surface area contributed by atoms with Crippen LogP contribution in [0.3, 0.4) is 0 Å². The van der Waals surface area contributed by atoms with Crippen LogP contribution in [-0.4, -0.2) is 16.1 Å². The first kappa shape index (κ1) is 9.63. The summed E-state index contributed by atoms with van der Waals surface area (Å²) in [5, 5.41) is 8.50. The van der Waals surface area contributed by atoms with E-state index in [4.69, 9.17) is 5.11 Å². The Hall–Kier alpha value is -1.46. The van der Waals surface area contributed by atoms with Gasteiger partial charge in [0.05, 0.1) is 6.20 Å². The van der Waals surface area contributed by atoms with Crippen molar-refractivity contribution in [2.75, 3.05) is 0 Å². The number of hydrogen-bond acceptors (Lipinski definition) is 3. The summed E-state index contributed by atoms with van der Waals surface area (Å²) in [5.41, 5.74) is 0. The van der Waals surface area contributed by atoms with Gasteiger partial charge in [0.2, 0.25) is 5.89 Å². The highest BCUT2D eigenvalue weighted by molar-refractivity contribution is 5.73. The van der Waals surface area contributed by atoms with Crippen molar-refractivity contribution < 1.29 is 23.1 Å². The van der Waals surface area contributed by atoms with Crippen molar-refractivity contribution in [3.63, 3.8) is 0 Å². The summed E-state index contributed by atoms with van der Waals surface area (Å²) >= 11 is 0. The zero-order valence-electron chi connectivity index (χ0n) is 6.70. The molecular weight excluding hydrogens is 184 g/mol. The molecule has 1 aromatic heterocycles. The predicted molar refractivity (Wildman–Crippen MR) is 37.5 cm³/mol. The molecule has 0 aliphatic rings. The molecule has 1 N–H and O–H groups in total. The maximum atomic E-state index is 12.0. The van der Waals surface area contributed by atoms with E-state index in [-0.39, 0.29) is 5.89 Å². The molecule has 0 saturated heterocycles. The smallest absolute Gasteiger partial charge is 0.315 e. The second-order valence-corrected chi connectivity index (χ2v) is 2.46. The molecule has 1 unspecified atom stereocenters. The van der Waals surface area contributed by atoms with E-state index >= 15 is 0 Å². The maximum Gasteiger partial charge on any atom is 0.315 e. The molecule has 0 amide bonds. The van der Waals surface area contributed by atoms with Gasteiger partial charge in [-0.05, 0) is 6.92 Å². The Morgan fingerprint density at radius 2 is 2.31 bits per heavy atom. The van der Waals surface area contributed by atoms with E-state index < -0.39 is 24.1 Å². The number of oxazole rings is 1. The van der Waals surface area contributed by atoms with Gasteiger partial charge in [0.1, 0.15) is 5.92 Å². The summed E-state index contributed by atoms with van der Waals surface area (Å²) in [5.74, 6) is -2.99. The molecule has 13 heavy (non-hydrogen) atoms. The second-order valence-electron chi connectivity index (χ2n) is 2.46. The van der Waals surface area contributed by atoms with Crippen molar-refractivity contribution in [1.82, 2.24) is 4.98 Å². The topological polar surface area (TPSA) is 63.3 Å². The molecule has 72 valence electrons. The number of aromatic nitrogens is 1. The third-order valence-corrected chi connectivity index (χ3v) is 1.50. The molecule has 0 fully saturated rings. The number of rotatable bonds is 3. The van der Waals surface area contributed by atoms with E-state index in [1.54, 1.807) is 0 Å². The van der Waals surface area contributed by atoms with Crippen molar-refractivity contribution in [3.8, 4) is 0 Å². The van der Waals surface area contributed by atoms with E-state index in [0.29, 0.717) is 0 Å². The van der Waals surface area contributed by atoms with Gasteiger partial charge in [-0.25, -0.2) is 13.8 Å². The molecule has 0 aliphatic heterocycles. The fourth-order valence-electron chi connectivity index (χ4n) is 0.707. The summed E-state index contributed by atoms with van der Waals surface area (Å²) in [6, 6.07) is 0. The Morgan fingerprint density at radius 1 is 1.69 bits per heavy atom. The van der Waals surface area contributed by atoms with Crippen molar-refractivity contribution in [2.45, 2.75) is 19.3 Å². The zero-order chi connectivity index (χ0) is 10.0. The van der Waals surface area contributed by atoms with Gasteiger partial charge in [-0.3, -0.25) is 4.79 Å². The third kappa shape index (κ3) is 2.01. The van der Waals surface area contributed by atoms with Crippen molar-refractivity contribution in [3.05, 3.63) is 17.8 Å². The maximum absolute atomic E-state index is 12.0. The Bertz CT molecular complexity index is 310. The van der Waals surface area contributed by atoms with Crippen LogP contribution in [0.15, 0.2) is 10.6 Å². The Morgan fingerprint density at radius 3 is 2.69 bits per heavy atom. The largest absolute Gasteiger partial charge is 0.481 e. The summed E-state index contributed by atoms with van der Waals surface area (Å²) < 4.78 is 28.5. The number of halogens is 2. The Labute approximate surface area is 72.2 Å². The number of nitrogens with zero attached hydrogens (tertiary/aromatic N) is 1. The molecule has 0 spiro atoms. The molecule has 1 aromatic rings. The summed E-state index contributed by atoms with van der Waals surface area (Å²) in [7, 11) is 0. The first-order valence-corrected chi connectivity index (χ1v) is 3.49. The van der Waals surface area contributed by atoms with Gasteiger partial charge in [-0.15, -0.1) is 0 Å². The van der Waals surface area contributed by atoms with Crippen LogP contribution in [0.1, 0.15) is 30.9 Å². The molecule has 0 aliphatic carbocycles. The molecule has 1 rings (SSSR count). The minimum Gasteiger partial charge on any atom is -0.481 e. The molecule has 6 heteroatoms. The number of carboxylic acid groups (broad SMARTS) is 1. The first-order chi connectivity index (χ1) is 6.02. The summed E-state index contributed by atoms with van der Waals surface area (Å²) in [4.78, 5) is 13.8. The quantitative estimate of drug-likeness (QED) is 0.791. The lowest BCUT2D eigenvalue weighted by molar-refractivity contribution is -0.138. The van der Waals surface area contributed by atoms with Gasteiger partial charge < -0.3 is 9.52 Å². The first-order valence-electron chi connectivity index (χ1n) is 3.49. The van der Waals surface area contributed by atoms with Gasteiger partial charge in [0.15, 0.2) is 5.76 Å². The van der Waals surface area contributed by atoms with Crippen molar-refractivity contribution >= 4 is 5.97 Å². The van der Waals surface area contributed by atoms with E-state index in [1.807, 2.05) is 0 Å². The van der Waals surface area contributed by atoms with E-state index in [0.717, 1.165) is 6.20 Å². The minimum absolute atomic E-state index is 0.206. The van der Waals surface area contributed by atoms with Crippen molar-refractivity contribution in [1.29, 1.82) is 0 Å². The molecule has 0 bridgehead atoms. The fraction of sp³-hybridized carbons (Fsp3) is 0.429. The Balaban J connectivity index is 2.85. The highest BCUT2D eigenvalue weighted by atomic mass is 19.3. The number of carboxylic acids is 1. The number of carbonyl (C=O) groups is 1. The number of aliphatic carboxylic acids is 1. The van der Waals surface area contributed by atoms with E-state index in [2.05, 4.69) is 9.40 Å². The van der Waals surface area contributed by atoms with Gasteiger partial charge in [0.25, 0.3) is 6.43 Å². The van der Waals surface area contributed by atoms with Crippen LogP contribution < -0.4 is 0 Å². The lowest BCUT2D eigenvalue weighted by Crippen LogP contribution is -2.07. The molecule has 0 saturated carbocycles. The van der Waals surface area contributed by atoms with E-state index in [1.165, 1.54) is 6.92 Å². The third-order valence-electron chi connectivity index (χ3n) is 1.50. The zero-order valence-corrected chi connectivity index (χ0v) is 6.70. The Kier molecular flexibility index (Phi) is 2.60. The number of hydrogen-bond donors (Lipinski definition) is 1. The lowest BCUT2D eigenvalue weighted by Gasteiger charge is -1.98. The molecule has 1 atom stereocenters. The molecule has 4 nitrogen and oxygen atoms in total. The van der Waals surface area contributed by atoms with Gasteiger partial charge in [0, 0.05) is 0 Å². The highest BCUT2D eigenvalue weighted by Crippen LogP contribution is 2.22.